The zero-order valence-electron chi connectivity index (χ0n) is 11.9. The minimum absolute atomic E-state index is 1.06. The predicted octanol–water partition coefficient (Wildman–Crippen LogP) is 5.18. The molecule has 3 aromatic rings. The molecule has 0 atom stereocenters. The molecule has 2 aromatic carbocycles. The Labute approximate surface area is 130 Å². The fourth-order valence-electron chi connectivity index (χ4n) is 2.05. The van der Waals surface area contributed by atoms with E-state index in [0.717, 1.165) is 22.4 Å². The third kappa shape index (κ3) is 3.42. The first-order valence-corrected chi connectivity index (χ1v) is 7.84. The van der Waals surface area contributed by atoms with Crippen molar-refractivity contribution < 1.29 is 0 Å². The lowest BCUT2D eigenvalue weighted by Gasteiger charge is -1.95. The summed E-state index contributed by atoms with van der Waals surface area (Å²) in [6.07, 6.45) is 1.07. The van der Waals surface area contributed by atoms with Crippen LogP contribution in [0.1, 0.15) is 22.9 Å². The van der Waals surface area contributed by atoms with Gasteiger partial charge in [-0.05, 0) is 47.9 Å². The summed E-state index contributed by atoms with van der Waals surface area (Å²) in [7, 11) is 0. The first-order valence-electron chi connectivity index (χ1n) is 7.03. The number of rotatable bonds is 2. The maximum Gasteiger partial charge on any atom is 0.0778 e. The summed E-state index contributed by atoms with van der Waals surface area (Å²) in [6.45, 7) is 2.16. The van der Waals surface area contributed by atoms with Crippen molar-refractivity contribution >= 4 is 11.3 Å². The Morgan fingerprint density at radius 2 is 1.81 bits per heavy atom. The Balaban J connectivity index is 1.80. The first-order chi connectivity index (χ1) is 10.3. The van der Waals surface area contributed by atoms with E-state index in [1.807, 2.05) is 18.2 Å². The van der Waals surface area contributed by atoms with Crippen molar-refractivity contribution in [3.63, 3.8) is 0 Å². The predicted molar refractivity (Wildman–Crippen MR) is 90.4 cm³/mol. The van der Waals surface area contributed by atoms with Crippen LogP contribution in [0.2, 0.25) is 0 Å². The summed E-state index contributed by atoms with van der Waals surface area (Å²) < 4.78 is 0. The lowest BCUT2D eigenvalue weighted by Crippen LogP contribution is -1.79. The quantitative estimate of drug-likeness (QED) is 0.570. The minimum atomic E-state index is 1.06. The van der Waals surface area contributed by atoms with E-state index in [-0.39, 0.29) is 0 Å². The minimum Gasteiger partial charge on any atom is -0.127 e. The van der Waals surface area contributed by atoms with Gasteiger partial charge in [-0.1, -0.05) is 55.2 Å². The van der Waals surface area contributed by atoms with Crippen molar-refractivity contribution in [1.29, 1.82) is 0 Å². The van der Waals surface area contributed by atoms with Gasteiger partial charge in [-0.25, -0.2) is 0 Å². The Kier molecular flexibility index (Phi) is 4.19. The van der Waals surface area contributed by atoms with E-state index >= 15 is 0 Å². The summed E-state index contributed by atoms with van der Waals surface area (Å²) in [5.41, 5.74) is 3.54. The zero-order chi connectivity index (χ0) is 14.5. The van der Waals surface area contributed by atoms with Crippen molar-refractivity contribution in [2.75, 3.05) is 0 Å². The van der Waals surface area contributed by atoms with Crippen LogP contribution in [-0.4, -0.2) is 0 Å². The van der Waals surface area contributed by atoms with Gasteiger partial charge in [0.1, 0.15) is 0 Å². The Morgan fingerprint density at radius 3 is 2.52 bits per heavy atom. The van der Waals surface area contributed by atoms with Gasteiger partial charge in [0.2, 0.25) is 0 Å². The van der Waals surface area contributed by atoms with Crippen molar-refractivity contribution in [3.05, 3.63) is 82.7 Å². The molecule has 21 heavy (non-hydrogen) atoms. The van der Waals surface area contributed by atoms with Crippen LogP contribution in [0.3, 0.4) is 0 Å². The van der Waals surface area contributed by atoms with Gasteiger partial charge in [0.25, 0.3) is 0 Å². The zero-order valence-corrected chi connectivity index (χ0v) is 12.7. The van der Waals surface area contributed by atoms with Crippen molar-refractivity contribution in [2.45, 2.75) is 13.3 Å². The molecule has 1 aromatic heterocycles. The van der Waals surface area contributed by atoms with Crippen LogP contribution < -0.4 is 0 Å². The molecule has 0 aliphatic heterocycles. The molecule has 0 spiro atoms. The molecule has 1 radical (unpaired) electrons. The number of aryl methyl sites for hydroxylation is 1. The lowest BCUT2D eigenvalue weighted by atomic mass is 10.1. The normalized spacial score (nSPS) is 9.95. The highest BCUT2D eigenvalue weighted by Gasteiger charge is 2.00. The monoisotopic (exact) mass is 287 g/mol. The average Bonchev–Trinajstić information content (AvgIpc) is 3.03. The largest absolute Gasteiger partial charge is 0.127 e. The molecule has 0 aliphatic rings. The van der Waals surface area contributed by atoms with Crippen LogP contribution in [0.4, 0.5) is 0 Å². The highest BCUT2D eigenvalue weighted by atomic mass is 32.1. The van der Waals surface area contributed by atoms with Crippen molar-refractivity contribution in [1.82, 2.24) is 0 Å². The average molecular weight is 287 g/mol. The first kappa shape index (κ1) is 13.7. The molecular weight excluding hydrogens is 272 g/mol. The molecule has 101 valence electrons. The van der Waals surface area contributed by atoms with E-state index in [1.165, 1.54) is 10.4 Å². The third-order valence-corrected chi connectivity index (χ3v) is 4.31. The fraction of sp³-hybridized carbons (Fsp3) is 0.100. The van der Waals surface area contributed by atoms with E-state index in [4.69, 9.17) is 0 Å². The van der Waals surface area contributed by atoms with Gasteiger partial charge in [0.05, 0.1) is 4.88 Å². The highest BCUT2D eigenvalue weighted by molar-refractivity contribution is 7.16. The van der Waals surface area contributed by atoms with E-state index in [9.17, 15) is 0 Å². The maximum atomic E-state index is 3.25. The highest BCUT2D eigenvalue weighted by Crippen LogP contribution is 2.26. The SMILES string of the molecule is CCc1ccc(C#Cc2ccc(-c3[c]cccc3)s2)cc1. The summed E-state index contributed by atoms with van der Waals surface area (Å²) in [5.74, 6) is 6.47. The molecule has 0 aliphatic carbocycles. The second kappa shape index (κ2) is 6.43. The molecule has 1 heterocycles. The summed E-state index contributed by atoms with van der Waals surface area (Å²) >= 11 is 1.71. The molecular formula is C20H15S. The van der Waals surface area contributed by atoms with E-state index in [0.29, 0.717) is 0 Å². The summed E-state index contributed by atoms with van der Waals surface area (Å²) in [4.78, 5) is 2.29. The summed E-state index contributed by atoms with van der Waals surface area (Å²) in [5, 5.41) is 0. The van der Waals surface area contributed by atoms with Crippen LogP contribution in [0.5, 0.6) is 0 Å². The molecule has 0 unspecified atom stereocenters. The molecule has 3 rings (SSSR count). The molecule has 0 amide bonds. The molecule has 0 fully saturated rings. The molecule has 0 N–H and O–H groups in total. The van der Waals surface area contributed by atoms with Gasteiger partial charge in [-0.15, -0.1) is 11.3 Å². The van der Waals surface area contributed by atoms with Gasteiger partial charge in [-0.2, -0.15) is 0 Å². The molecule has 0 bridgehead atoms. The Bertz CT molecular complexity index is 768. The van der Waals surface area contributed by atoms with Gasteiger partial charge < -0.3 is 0 Å². The van der Waals surface area contributed by atoms with Crippen molar-refractivity contribution in [2.24, 2.45) is 0 Å². The standard InChI is InChI=1S/C20H15S/c1-2-16-8-10-17(11-9-16)12-13-19-14-15-20(21-19)18-6-4-3-5-7-18/h3-6,8-11,14-15H,2H2,1H3. The van der Waals surface area contributed by atoms with Crippen molar-refractivity contribution in [3.8, 4) is 22.3 Å². The van der Waals surface area contributed by atoms with Crippen LogP contribution >= 0.6 is 11.3 Å². The topological polar surface area (TPSA) is 0 Å². The van der Waals surface area contributed by atoms with Crippen LogP contribution in [-0.2, 0) is 6.42 Å². The van der Waals surface area contributed by atoms with Crippen LogP contribution in [0.25, 0.3) is 10.4 Å². The molecule has 1 heteroatoms. The number of hydrogen-bond donors (Lipinski definition) is 0. The van der Waals surface area contributed by atoms with Gasteiger partial charge in [0.15, 0.2) is 0 Å². The Hall–Kier alpha value is -2.30. The van der Waals surface area contributed by atoms with E-state index in [2.05, 4.69) is 67.3 Å². The van der Waals surface area contributed by atoms with Crippen LogP contribution in [0.15, 0.2) is 60.7 Å². The number of benzene rings is 2. The van der Waals surface area contributed by atoms with Gasteiger partial charge in [-0.3, -0.25) is 0 Å². The molecule has 0 saturated heterocycles. The maximum absolute atomic E-state index is 3.25. The van der Waals surface area contributed by atoms with Gasteiger partial charge in [0, 0.05) is 10.4 Å². The second-order valence-corrected chi connectivity index (χ2v) is 5.82. The number of thiophene rings is 1. The summed E-state index contributed by atoms with van der Waals surface area (Å²) in [6, 6.07) is 23.9. The van der Waals surface area contributed by atoms with E-state index < -0.39 is 0 Å². The molecule has 0 nitrogen and oxygen atoms in total. The van der Waals surface area contributed by atoms with E-state index in [1.54, 1.807) is 11.3 Å². The van der Waals surface area contributed by atoms with Gasteiger partial charge >= 0.3 is 0 Å². The second-order valence-electron chi connectivity index (χ2n) is 4.74. The Morgan fingerprint density at radius 1 is 0.952 bits per heavy atom. The fourth-order valence-corrected chi connectivity index (χ4v) is 2.90. The third-order valence-electron chi connectivity index (χ3n) is 3.27. The molecule has 0 saturated carbocycles. The number of hydrogen-bond acceptors (Lipinski definition) is 1. The van der Waals surface area contributed by atoms with Crippen LogP contribution in [0, 0.1) is 17.9 Å². The lowest BCUT2D eigenvalue weighted by molar-refractivity contribution is 1.14. The smallest absolute Gasteiger partial charge is 0.0778 e.